The monoisotopic (exact) mass is 208 g/mol. The van der Waals surface area contributed by atoms with Crippen LogP contribution in [-0.2, 0) is 4.74 Å². The van der Waals surface area contributed by atoms with E-state index in [4.69, 9.17) is 4.74 Å². The molecule has 2 aliphatic carbocycles. The van der Waals surface area contributed by atoms with Crippen molar-refractivity contribution in [3.63, 3.8) is 0 Å². The molecule has 2 saturated carbocycles. The van der Waals surface area contributed by atoms with Crippen LogP contribution in [0.1, 0.15) is 38.5 Å². The molecule has 1 heterocycles. The van der Waals surface area contributed by atoms with Gasteiger partial charge in [0.15, 0.2) is 0 Å². The van der Waals surface area contributed by atoms with E-state index in [0.29, 0.717) is 5.92 Å². The maximum Gasteiger partial charge on any atom is 0.0876 e. The average Bonchev–Trinajstić information content (AvgIpc) is 2.91. The van der Waals surface area contributed by atoms with Crippen LogP contribution in [-0.4, -0.2) is 17.8 Å². The number of aliphatic hydroxyl groups excluding tert-OH is 1. The number of aliphatic hydroxyl groups is 1. The van der Waals surface area contributed by atoms with Gasteiger partial charge in [-0.15, -0.1) is 0 Å². The fraction of sp³-hybridized carbons (Fsp3) is 0.846. The minimum absolute atomic E-state index is 0.208. The van der Waals surface area contributed by atoms with Gasteiger partial charge in [-0.3, -0.25) is 0 Å². The molecular weight excluding hydrogens is 188 g/mol. The summed E-state index contributed by atoms with van der Waals surface area (Å²) in [4.78, 5) is 0. The normalized spacial score (nSPS) is 41.1. The zero-order valence-electron chi connectivity index (χ0n) is 9.19. The Bertz CT molecular complexity index is 272. The summed E-state index contributed by atoms with van der Waals surface area (Å²) in [6.07, 6.45) is 9.10. The van der Waals surface area contributed by atoms with E-state index >= 15 is 0 Å². The van der Waals surface area contributed by atoms with Gasteiger partial charge in [0.1, 0.15) is 0 Å². The molecule has 84 valence electrons. The molecule has 2 heteroatoms. The summed E-state index contributed by atoms with van der Waals surface area (Å²) >= 11 is 0. The Kier molecular flexibility index (Phi) is 2.47. The minimum Gasteiger partial charge on any atom is -0.501 e. The van der Waals surface area contributed by atoms with Gasteiger partial charge in [-0.2, -0.15) is 0 Å². The molecule has 0 saturated heterocycles. The largest absolute Gasteiger partial charge is 0.501 e. The van der Waals surface area contributed by atoms with Crippen molar-refractivity contribution in [1.29, 1.82) is 0 Å². The molecule has 1 N–H and O–H groups in total. The van der Waals surface area contributed by atoms with Crippen LogP contribution in [0.3, 0.4) is 0 Å². The predicted octanol–water partition coefficient (Wildman–Crippen LogP) is 2.48. The van der Waals surface area contributed by atoms with Crippen molar-refractivity contribution >= 4 is 0 Å². The van der Waals surface area contributed by atoms with Crippen molar-refractivity contribution in [1.82, 2.24) is 0 Å². The summed E-state index contributed by atoms with van der Waals surface area (Å²) < 4.78 is 5.32. The Balaban J connectivity index is 1.69. The lowest BCUT2D eigenvalue weighted by Gasteiger charge is -2.29. The molecular formula is C13H20O2. The molecule has 3 rings (SSSR count). The summed E-state index contributed by atoms with van der Waals surface area (Å²) in [7, 11) is 0. The second-order valence-corrected chi connectivity index (χ2v) is 5.45. The van der Waals surface area contributed by atoms with E-state index in [1.165, 1.54) is 25.7 Å². The fourth-order valence-corrected chi connectivity index (χ4v) is 3.76. The van der Waals surface area contributed by atoms with Crippen LogP contribution < -0.4 is 0 Å². The lowest BCUT2D eigenvalue weighted by Crippen LogP contribution is -2.28. The van der Waals surface area contributed by atoms with E-state index in [2.05, 4.69) is 0 Å². The maximum absolute atomic E-state index is 10.3. The van der Waals surface area contributed by atoms with Crippen LogP contribution in [0.4, 0.5) is 0 Å². The summed E-state index contributed by atoms with van der Waals surface area (Å²) in [6, 6.07) is 0. The second kappa shape index (κ2) is 3.82. The molecule has 1 aliphatic heterocycles. The molecule has 0 aromatic carbocycles. The first-order valence-electron chi connectivity index (χ1n) is 6.33. The zero-order chi connectivity index (χ0) is 10.3. The predicted molar refractivity (Wildman–Crippen MR) is 58.2 cm³/mol. The molecule has 4 unspecified atom stereocenters. The van der Waals surface area contributed by atoms with Crippen molar-refractivity contribution in [2.75, 3.05) is 6.61 Å². The van der Waals surface area contributed by atoms with Gasteiger partial charge in [-0.05, 0) is 55.4 Å². The highest BCUT2D eigenvalue weighted by Gasteiger charge is 2.43. The van der Waals surface area contributed by atoms with Crippen LogP contribution in [0.25, 0.3) is 0 Å². The van der Waals surface area contributed by atoms with Crippen molar-refractivity contribution in [3.8, 4) is 0 Å². The highest BCUT2D eigenvalue weighted by molar-refractivity contribution is 5.11. The van der Waals surface area contributed by atoms with Crippen LogP contribution >= 0.6 is 0 Å². The van der Waals surface area contributed by atoms with Gasteiger partial charge in [-0.25, -0.2) is 0 Å². The molecule has 0 radical (unpaired) electrons. The van der Waals surface area contributed by atoms with Gasteiger partial charge >= 0.3 is 0 Å². The number of rotatable bonds is 2. The molecule has 2 fully saturated rings. The molecule has 15 heavy (non-hydrogen) atoms. The second-order valence-electron chi connectivity index (χ2n) is 5.45. The topological polar surface area (TPSA) is 29.5 Å². The lowest BCUT2D eigenvalue weighted by molar-refractivity contribution is 0.0893. The van der Waals surface area contributed by atoms with Gasteiger partial charge in [0.25, 0.3) is 0 Å². The molecule has 0 spiro atoms. The van der Waals surface area contributed by atoms with E-state index in [9.17, 15) is 5.11 Å². The van der Waals surface area contributed by atoms with Crippen molar-refractivity contribution in [3.05, 3.63) is 11.8 Å². The fourth-order valence-electron chi connectivity index (χ4n) is 3.76. The summed E-state index contributed by atoms with van der Waals surface area (Å²) in [6.45, 7) is 0.826. The highest BCUT2D eigenvalue weighted by atomic mass is 16.5. The average molecular weight is 208 g/mol. The Morgan fingerprint density at radius 3 is 2.87 bits per heavy atom. The third-order valence-corrected chi connectivity index (χ3v) is 4.54. The van der Waals surface area contributed by atoms with Crippen molar-refractivity contribution in [2.45, 2.75) is 44.6 Å². The third-order valence-electron chi connectivity index (χ3n) is 4.54. The zero-order valence-corrected chi connectivity index (χ0v) is 9.19. The summed E-state index contributed by atoms with van der Waals surface area (Å²) in [5, 5.41) is 10.3. The molecule has 4 atom stereocenters. The quantitative estimate of drug-likeness (QED) is 0.755. The van der Waals surface area contributed by atoms with E-state index in [-0.39, 0.29) is 6.10 Å². The standard InChI is InChI=1S/C13H20O2/c14-13(11-2-1-5-15-8-11)12-7-9-3-4-10(12)6-9/h8-10,12-14H,1-7H2. The summed E-state index contributed by atoms with van der Waals surface area (Å²) in [5.74, 6) is 2.25. The number of hydrogen-bond donors (Lipinski definition) is 1. The van der Waals surface area contributed by atoms with Gasteiger partial charge in [0, 0.05) is 0 Å². The highest BCUT2D eigenvalue weighted by Crippen LogP contribution is 2.50. The van der Waals surface area contributed by atoms with E-state index in [0.717, 1.165) is 36.9 Å². The molecule has 0 aromatic rings. The van der Waals surface area contributed by atoms with Gasteiger partial charge in [0.05, 0.1) is 19.0 Å². The van der Waals surface area contributed by atoms with E-state index in [1.54, 1.807) is 0 Å². The molecule has 0 aromatic heterocycles. The van der Waals surface area contributed by atoms with Crippen LogP contribution in [0.5, 0.6) is 0 Å². The number of fused-ring (bicyclic) bond motifs is 2. The van der Waals surface area contributed by atoms with Crippen LogP contribution in [0, 0.1) is 17.8 Å². The minimum atomic E-state index is -0.208. The number of hydrogen-bond acceptors (Lipinski definition) is 2. The third kappa shape index (κ3) is 1.69. The Morgan fingerprint density at radius 1 is 1.33 bits per heavy atom. The van der Waals surface area contributed by atoms with Crippen LogP contribution in [0.2, 0.25) is 0 Å². The SMILES string of the molecule is OC(C1=COCCC1)C1CC2CCC1C2. The molecule has 2 bridgehead atoms. The maximum atomic E-state index is 10.3. The summed E-state index contributed by atoms with van der Waals surface area (Å²) in [5.41, 5.74) is 1.15. The Morgan fingerprint density at radius 2 is 2.27 bits per heavy atom. The first-order valence-corrected chi connectivity index (χ1v) is 6.33. The van der Waals surface area contributed by atoms with Crippen molar-refractivity contribution in [2.24, 2.45) is 17.8 Å². The first-order chi connectivity index (χ1) is 7.34. The molecule has 0 amide bonds. The Labute approximate surface area is 91.3 Å². The number of ether oxygens (including phenoxy) is 1. The molecule has 2 nitrogen and oxygen atoms in total. The van der Waals surface area contributed by atoms with Crippen molar-refractivity contribution < 1.29 is 9.84 Å². The van der Waals surface area contributed by atoms with Gasteiger partial charge in [0.2, 0.25) is 0 Å². The van der Waals surface area contributed by atoms with Gasteiger partial charge in [-0.1, -0.05) is 6.42 Å². The smallest absolute Gasteiger partial charge is 0.0876 e. The van der Waals surface area contributed by atoms with E-state index in [1.807, 2.05) is 6.26 Å². The lowest BCUT2D eigenvalue weighted by atomic mass is 9.81. The Hall–Kier alpha value is -0.500. The molecule has 3 aliphatic rings. The van der Waals surface area contributed by atoms with Crippen LogP contribution in [0.15, 0.2) is 11.8 Å². The van der Waals surface area contributed by atoms with Gasteiger partial charge < -0.3 is 9.84 Å². The first kappa shape index (κ1) is 9.71. The van der Waals surface area contributed by atoms with E-state index < -0.39 is 0 Å².